The summed E-state index contributed by atoms with van der Waals surface area (Å²) in [5, 5.41) is 0. The fraction of sp³-hybridized carbons (Fsp3) is 0.733. The second-order valence-electron chi connectivity index (χ2n) is 5.71. The predicted octanol–water partition coefficient (Wildman–Crippen LogP) is 1.88. The third kappa shape index (κ3) is 2.78. The van der Waals surface area contributed by atoms with Crippen molar-refractivity contribution >= 4 is 39.6 Å². The van der Waals surface area contributed by atoms with Gasteiger partial charge in [-0.3, -0.25) is 4.79 Å². The molecule has 128 valence electrons. The topological polar surface area (TPSA) is 65.1 Å². The van der Waals surface area contributed by atoms with Crippen molar-refractivity contribution in [2.75, 3.05) is 26.0 Å². The van der Waals surface area contributed by atoms with Crippen LogP contribution in [0.3, 0.4) is 0 Å². The Bertz CT molecular complexity index is 536. The molecule has 3 aliphatic rings. The van der Waals surface area contributed by atoms with Gasteiger partial charge >= 0.3 is 11.9 Å². The van der Waals surface area contributed by atoms with E-state index in [2.05, 4.69) is 20.8 Å². The predicted molar refractivity (Wildman–Crippen MR) is 88.9 cm³/mol. The Morgan fingerprint density at radius 2 is 2.13 bits per heavy atom. The van der Waals surface area contributed by atoms with E-state index in [0.717, 1.165) is 37.4 Å². The lowest BCUT2D eigenvalue weighted by Crippen LogP contribution is -2.49. The number of carbonyl (C=O) groups excluding carboxylic acids is 2. The Morgan fingerprint density at radius 3 is 2.74 bits per heavy atom. The Morgan fingerprint density at radius 1 is 1.43 bits per heavy atom. The maximum absolute atomic E-state index is 12.1. The number of nitrogens with zero attached hydrogens (tertiary/aromatic N) is 1. The maximum atomic E-state index is 12.1. The number of hydrogen-bond acceptors (Lipinski definition) is 7. The van der Waals surface area contributed by atoms with E-state index in [-0.39, 0.29) is 11.9 Å². The van der Waals surface area contributed by atoms with E-state index in [1.165, 1.54) is 18.9 Å². The van der Waals surface area contributed by atoms with E-state index in [1.807, 2.05) is 6.92 Å². The van der Waals surface area contributed by atoms with Gasteiger partial charge in [0.15, 0.2) is 0 Å². The van der Waals surface area contributed by atoms with Gasteiger partial charge in [-0.2, -0.15) is 0 Å². The van der Waals surface area contributed by atoms with Gasteiger partial charge in [-0.15, -0.1) is 11.8 Å². The lowest BCUT2D eigenvalue weighted by Gasteiger charge is -2.40. The van der Waals surface area contributed by atoms with Gasteiger partial charge in [0, 0.05) is 26.3 Å². The highest BCUT2D eigenvalue weighted by molar-refractivity contribution is 9.10. The van der Waals surface area contributed by atoms with Gasteiger partial charge < -0.3 is 19.1 Å². The van der Waals surface area contributed by atoms with Gasteiger partial charge in [-0.25, -0.2) is 4.79 Å². The lowest BCUT2D eigenvalue weighted by molar-refractivity contribution is -0.169. The van der Waals surface area contributed by atoms with Gasteiger partial charge in [0.05, 0.1) is 5.70 Å². The van der Waals surface area contributed by atoms with Crippen molar-refractivity contribution in [3.8, 4) is 0 Å². The molecule has 0 radical (unpaired) electrons. The van der Waals surface area contributed by atoms with Gasteiger partial charge in [0.2, 0.25) is 11.2 Å². The minimum absolute atomic E-state index is 0.373. The normalized spacial score (nSPS) is 37.1. The van der Waals surface area contributed by atoms with Crippen molar-refractivity contribution < 1.29 is 23.8 Å². The molecule has 0 N–H and O–H groups in total. The van der Waals surface area contributed by atoms with Crippen molar-refractivity contribution in [1.29, 1.82) is 0 Å². The second kappa shape index (κ2) is 6.64. The number of ether oxygens (including phenoxy) is 3. The molecule has 0 aromatic carbocycles. The highest BCUT2D eigenvalue weighted by Crippen LogP contribution is 2.52. The molecule has 0 aromatic heterocycles. The first-order valence-corrected chi connectivity index (χ1v) is 9.65. The Hall–Kier alpha value is -0.730. The van der Waals surface area contributed by atoms with Crippen LogP contribution in [0.15, 0.2) is 11.8 Å². The highest BCUT2D eigenvalue weighted by Gasteiger charge is 2.62. The van der Waals surface area contributed by atoms with E-state index in [0.29, 0.717) is 0 Å². The first-order chi connectivity index (χ1) is 11.0. The van der Waals surface area contributed by atoms with Crippen molar-refractivity contribution in [2.24, 2.45) is 5.92 Å². The molecule has 2 saturated heterocycles. The number of cyclic esters (lactones) is 2. The summed E-state index contributed by atoms with van der Waals surface area (Å²) in [6.07, 6.45) is 2.99. The summed E-state index contributed by atoms with van der Waals surface area (Å²) >= 11 is 4.93. The molecule has 8 heteroatoms. The number of likely N-dealkylation sites (tertiary alicyclic amines) is 1. The van der Waals surface area contributed by atoms with Crippen LogP contribution >= 0.6 is 27.7 Å². The first-order valence-electron chi connectivity index (χ1n) is 7.75. The number of hydrogen-bond donors (Lipinski definition) is 0. The smallest absolute Gasteiger partial charge is 0.334 e. The monoisotopic (exact) mass is 405 g/mol. The van der Waals surface area contributed by atoms with E-state index in [1.54, 1.807) is 6.08 Å². The van der Waals surface area contributed by atoms with Crippen LogP contribution in [-0.2, 0) is 23.8 Å². The fourth-order valence-electron chi connectivity index (χ4n) is 3.47. The zero-order valence-corrected chi connectivity index (χ0v) is 15.5. The maximum Gasteiger partial charge on any atom is 0.334 e. The average molecular weight is 406 g/mol. The number of methoxy groups -OCH3 is 1. The molecule has 0 bridgehead atoms. The molecular weight excluding hydrogens is 386 g/mol. The van der Waals surface area contributed by atoms with Crippen LogP contribution < -0.4 is 0 Å². The third-order valence-corrected chi connectivity index (χ3v) is 6.63. The summed E-state index contributed by atoms with van der Waals surface area (Å²) in [7, 11) is 1.50. The number of rotatable bonds is 5. The molecule has 0 amide bonds. The van der Waals surface area contributed by atoms with Crippen LogP contribution in [0.1, 0.15) is 19.8 Å². The number of thioether (sulfide) groups is 1. The summed E-state index contributed by atoms with van der Waals surface area (Å²) in [4.78, 5) is 24.8. The molecule has 6 nitrogen and oxygen atoms in total. The Balaban J connectivity index is 2.03. The zero-order valence-electron chi connectivity index (χ0n) is 13.1. The van der Waals surface area contributed by atoms with E-state index >= 15 is 0 Å². The minimum Gasteiger partial charge on any atom is -0.438 e. The SMILES string of the molecule is CCSC1(C2C(OC)OC(=O)C2Br)OC(=O)C=C1N1CCCC1. The van der Waals surface area contributed by atoms with E-state index in [4.69, 9.17) is 14.2 Å². The Kier molecular flexibility index (Phi) is 4.94. The molecule has 23 heavy (non-hydrogen) atoms. The summed E-state index contributed by atoms with van der Waals surface area (Å²) < 4.78 is 16.5. The lowest BCUT2D eigenvalue weighted by atomic mass is 9.96. The fourth-order valence-corrected chi connectivity index (χ4v) is 5.72. The Labute approximate surface area is 148 Å². The van der Waals surface area contributed by atoms with Crippen LogP contribution in [0.5, 0.6) is 0 Å². The zero-order chi connectivity index (χ0) is 16.6. The molecule has 3 aliphatic heterocycles. The van der Waals surface area contributed by atoms with Crippen LogP contribution in [-0.4, -0.2) is 58.8 Å². The van der Waals surface area contributed by atoms with Gasteiger partial charge in [-0.05, 0) is 18.6 Å². The van der Waals surface area contributed by atoms with Crippen molar-refractivity contribution in [1.82, 2.24) is 4.90 Å². The second-order valence-corrected chi connectivity index (χ2v) is 8.17. The van der Waals surface area contributed by atoms with Crippen LogP contribution in [0, 0.1) is 5.92 Å². The van der Waals surface area contributed by atoms with Crippen molar-refractivity contribution in [2.45, 2.75) is 35.8 Å². The highest BCUT2D eigenvalue weighted by atomic mass is 79.9. The molecule has 0 spiro atoms. The van der Waals surface area contributed by atoms with Gasteiger partial charge in [0.1, 0.15) is 10.7 Å². The largest absolute Gasteiger partial charge is 0.438 e. The summed E-state index contributed by atoms with van der Waals surface area (Å²) in [6.45, 7) is 3.78. The third-order valence-electron chi connectivity index (χ3n) is 4.41. The van der Waals surface area contributed by atoms with Crippen molar-refractivity contribution in [3.63, 3.8) is 0 Å². The van der Waals surface area contributed by atoms with E-state index < -0.39 is 22.0 Å². The average Bonchev–Trinajstić information content (AvgIpc) is 3.20. The summed E-state index contributed by atoms with van der Waals surface area (Å²) in [5.41, 5.74) is 0.835. The molecule has 0 saturated carbocycles. The molecule has 3 rings (SSSR count). The number of carbonyl (C=O) groups is 2. The van der Waals surface area contributed by atoms with Crippen LogP contribution in [0.2, 0.25) is 0 Å². The minimum atomic E-state index is -0.961. The molecular formula is C15H20BrNO5S. The van der Waals surface area contributed by atoms with E-state index in [9.17, 15) is 9.59 Å². The molecule has 4 unspecified atom stereocenters. The molecule has 4 atom stereocenters. The summed E-state index contributed by atoms with van der Waals surface area (Å²) in [5.74, 6) is -0.467. The number of alkyl halides is 1. The van der Waals surface area contributed by atoms with Crippen LogP contribution in [0.25, 0.3) is 0 Å². The number of halogens is 1. The van der Waals surface area contributed by atoms with Gasteiger partial charge in [-0.1, -0.05) is 22.9 Å². The van der Waals surface area contributed by atoms with Crippen LogP contribution in [0.4, 0.5) is 0 Å². The van der Waals surface area contributed by atoms with Crippen molar-refractivity contribution in [3.05, 3.63) is 11.8 Å². The number of esters is 2. The van der Waals surface area contributed by atoms with Gasteiger partial charge in [0.25, 0.3) is 0 Å². The summed E-state index contributed by atoms with van der Waals surface area (Å²) in [6, 6.07) is 0. The molecule has 0 aliphatic carbocycles. The first kappa shape index (κ1) is 17.1. The molecule has 2 fully saturated rings. The molecule has 0 aromatic rings. The molecule has 3 heterocycles. The quantitative estimate of drug-likeness (QED) is 0.510. The standard InChI is InChI=1S/C15H20BrNO5S/c1-3-23-15(11-12(16)13(19)21-14(11)20-2)9(8-10(18)22-15)17-6-4-5-7-17/h8,11-12,14H,3-7H2,1-2H3.